The average molecular weight is 523 g/mol. The van der Waals surface area contributed by atoms with Gasteiger partial charge >= 0.3 is 11.9 Å². The van der Waals surface area contributed by atoms with Gasteiger partial charge in [0.1, 0.15) is 5.00 Å². The lowest BCUT2D eigenvalue weighted by Crippen LogP contribution is -2.17. The van der Waals surface area contributed by atoms with Gasteiger partial charge in [-0.2, -0.15) is 0 Å². The summed E-state index contributed by atoms with van der Waals surface area (Å²) in [5.41, 5.74) is 2.90. The standard InChI is InChI=1S/C27H26N2O7S/c1-35-27(32)25-21-12-9-19(17-5-3-2-4-6-17)15-23(21)37-26(25)28-14-13-24(31)36-16-22(30)18-7-10-20(11-8-18)29(33)34/h2-8,10-11,19,28H,9,12-16H2,1H3. The Hall–Kier alpha value is -4.05. The first kappa shape index (κ1) is 26.0. The second-order valence-corrected chi connectivity index (χ2v) is 9.72. The molecule has 0 saturated carbocycles. The van der Waals surface area contributed by atoms with E-state index in [4.69, 9.17) is 9.47 Å². The summed E-state index contributed by atoms with van der Waals surface area (Å²) in [6, 6.07) is 15.4. The number of nitro groups is 1. The minimum absolute atomic E-state index is 0.0106. The number of fused-ring (bicyclic) bond motifs is 1. The zero-order valence-electron chi connectivity index (χ0n) is 20.2. The van der Waals surface area contributed by atoms with Crippen LogP contribution in [0.15, 0.2) is 54.6 Å². The lowest BCUT2D eigenvalue weighted by molar-refractivity contribution is -0.384. The van der Waals surface area contributed by atoms with Crippen molar-refractivity contribution < 1.29 is 28.8 Å². The monoisotopic (exact) mass is 522 g/mol. The summed E-state index contributed by atoms with van der Waals surface area (Å²) in [7, 11) is 1.35. The molecule has 1 unspecified atom stereocenters. The van der Waals surface area contributed by atoms with Crippen molar-refractivity contribution in [1.29, 1.82) is 0 Å². The van der Waals surface area contributed by atoms with Crippen molar-refractivity contribution in [2.75, 3.05) is 25.6 Å². The molecule has 9 nitrogen and oxygen atoms in total. The molecule has 1 aromatic heterocycles. The van der Waals surface area contributed by atoms with E-state index in [1.165, 1.54) is 48.3 Å². The van der Waals surface area contributed by atoms with Crippen molar-refractivity contribution in [2.45, 2.75) is 31.6 Å². The van der Waals surface area contributed by atoms with Crippen LogP contribution in [-0.4, -0.2) is 42.9 Å². The Bertz CT molecular complexity index is 1300. The van der Waals surface area contributed by atoms with Crippen molar-refractivity contribution in [3.8, 4) is 0 Å². The Morgan fingerprint density at radius 1 is 1.11 bits per heavy atom. The Morgan fingerprint density at radius 2 is 1.84 bits per heavy atom. The summed E-state index contributed by atoms with van der Waals surface area (Å²) in [6.07, 6.45) is 2.53. The highest BCUT2D eigenvalue weighted by Crippen LogP contribution is 2.42. The predicted octanol–water partition coefficient (Wildman–Crippen LogP) is 4.94. The summed E-state index contributed by atoms with van der Waals surface area (Å²) in [5, 5.41) is 14.6. The zero-order valence-corrected chi connectivity index (χ0v) is 21.0. The van der Waals surface area contributed by atoms with E-state index < -0.39 is 29.3 Å². The van der Waals surface area contributed by atoms with Crippen LogP contribution >= 0.6 is 11.3 Å². The van der Waals surface area contributed by atoms with E-state index in [9.17, 15) is 24.5 Å². The number of ketones is 1. The maximum Gasteiger partial charge on any atom is 0.341 e. The summed E-state index contributed by atoms with van der Waals surface area (Å²) in [4.78, 5) is 48.3. The molecule has 1 atom stereocenters. The maximum absolute atomic E-state index is 12.6. The topological polar surface area (TPSA) is 125 Å². The molecule has 37 heavy (non-hydrogen) atoms. The number of rotatable bonds is 10. The molecule has 1 heterocycles. The quantitative estimate of drug-likeness (QED) is 0.172. The van der Waals surface area contributed by atoms with Gasteiger partial charge in [-0.1, -0.05) is 30.3 Å². The Kier molecular flexibility index (Phi) is 8.29. The highest BCUT2D eigenvalue weighted by Gasteiger charge is 2.30. The van der Waals surface area contributed by atoms with Crippen LogP contribution in [0.1, 0.15) is 55.5 Å². The number of hydrogen-bond acceptors (Lipinski definition) is 9. The van der Waals surface area contributed by atoms with Gasteiger partial charge in [-0.25, -0.2) is 4.79 Å². The number of esters is 2. The number of methoxy groups -OCH3 is 1. The molecule has 1 aliphatic carbocycles. The van der Waals surface area contributed by atoms with Gasteiger partial charge in [0.2, 0.25) is 0 Å². The van der Waals surface area contributed by atoms with Crippen molar-refractivity contribution in [1.82, 2.24) is 0 Å². The lowest BCUT2D eigenvalue weighted by Gasteiger charge is -2.22. The van der Waals surface area contributed by atoms with Crippen molar-refractivity contribution in [3.05, 3.63) is 91.8 Å². The molecular formula is C27H26N2O7S. The average Bonchev–Trinajstić information content (AvgIpc) is 3.29. The summed E-state index contributed by atoms with van der Waals surface area (Å²) < 4.78 is 10.1. The molecular weight excluding hydrogens is 496 g/mol. The SMILES string of the molecule is COC(=O)c1c(NCCC(=O)OCC(=O)c2ccc([N+](=O)[O-])cc2)sc2c1CCC(c1ccccc1)C2. The molecule has 0 amide bonds. The molecule has 1 aliphatic rings. The van der Waals surface area contributed by atoms with E-state index in [1.807, 2.05) is 18.2 Å². The molecule has 2 aromatic carbocycles. The second kappa shape index (κ2) is 11.8. The number of nitrogens with zero attached hydrogens (tertiary/aromatic N) is 1. The number of nitrogens with one attached hydrogen (secondary N) is 1. The summed E-state index contributed by atoms with van der Waals surface area (Å²) in [6.45, 7) is -0.242. The number of hydrogen-bond donors (Lipinski definition) is 1. The number of carbonyl (C=O) groups excluding carboxylic acids is 3. The van der Waals surface area contributed by atoms with Crippen LogP contribution in [0.3, 0.4) is 0 Å². The fourth-order valence-corrected chi connectivity index (χ4v) is 5.73. The predicted molar refractivity (Wildman–Crippen MR) is 138 cm³/mol. The molecule has 3 aromatic rings. The molecule has 192 valence electrons. The van der Waals surface area contributed by atoms with Gasteiger partial charge in [0.05, 0.1) is 24.0 Å². The highest BCUT2D eigenvalue weighted by molar-refractivity contribution is 7.16. The normalized spacial score (nSPS) is 14.4. The maximum atomic E-state index is 12.6. The fraction of sp³-hybridized carbons (Fsp3) is 0.296. The summed E-state index contributed by atoms with van der Waals surface area (Å²) >= 11 is 1.51. The molecule has 0 fully saturated rings. The van der Waals surface area contributed by atoms with E-state index in [1.54, 1.807) is 0 Å². The van der Waals surface area contributed by atoms with Crippen LogP contribution in [0, 0.1) is 10.1 Å². The number of thiophene rings is 1. The second-order valence-electron chi connectivity index (χ2n) is 8.61. The smallest absolute Gasteiger partial charge is 0.341 e. The summed E-state index contributed by atoms with van der Waals surface area (Å²) in [5.74, 6) is -1.06. The van der Waals surface area contributed by atoms with Crippen LogP contribution < -0.4 is 5.32 Å². The minimum Gasteiger partial charge on any atom is -0.465 e. The van der Waals surface area contributed by atoms with Crippen molar-refractivity contribution in [3.63, 3.8) is 0 Å². The molecule has 0 bridgehead atoms. The first-order chi connectivity index (χ1) is 17.9. The van der Waals surface area contributed by atoms with E-state index >= 15 is 0 Å². The minimum atomic E-state index is -0.576. The zero-order chi connectivity index (χ0) is 26.4. The number of ether oxygens (including phenoxy) is 2. The van der Waals surface area contributed by atoms with Crippen LogP contribution in [0.25, 0.3) is 0 Å². The lowest BCUT2D eigenvalue weighted by atomic mass is 9.83. The molecule has 1 N–H and O–H groups in total. The largest absolute Gasteiger partial charge is 0.465 e. The number of benzene rings is 2. The Labute approximate surface area is 217 Å². The fourth-order valence-electron chi connectivity index (χ4n) is 4.39. The van der Waals surface area contributed by atoms with Gasteiger partial charge in [-0.05, 0) is 48.4 Å². The van der Waals surface area contributed by atoms with E-state index in [2.05, 4.69) is 17.4 Å². The van der Waals surface area contributed by atoms with Gasteiger partial charge in [-0.15, -0.1) is 11.3 Å². The molecule has 0 aliphatic heterocycles. The van der Waals surface area contributed by atoms with Gasteiger partial charge < -0.3 is 14.8 Å². The van der Waals surface area contributed by atoms with Crippen LogP contribution in [0.4, 0.5) is 10.7 Å². The highest BCUT2D eigenvalue weighted by atomic mass is 32.1. The van der Waals surface area contributed by atoms with Gasteiger partial charge in [0.15, 0.2) is 12.4 Å². The van der Waals surface area contributed by atoms with Gasteiger partial charge in [0.25, 0.3) is 5.69 Å². The number of non-ortho nitro benzene ring substituents is 1. The van der Waals surface area contributed by atoms with Gasteiger partial charge in [0, 0.05) is 29.1 Å². The first-order valence-corrected chi connectivity index (χ1v) is 12.6. The molecule has 4 rings (SSSR count). The number of carbonyl (C=O) groups is 3. The van der Waals surface area contributed by atoms with Crippen LogP contribution in [0.5, 0.6) is 0 Å². The van der Waals surface area contributed by atoms with Crippen molar-refractivity contribution in [2.24, 2.45) is 0 Å². The van der Waals surface area contributed by atoms with Crippen LogP contribution in [0.2, 0.25) is 0 Å². The third kappa shape index (κ3) is 6.21. The van der Waals surface area contributed by atoms with Gasteiger partial charge in [-0.3, -0.25) is 19.7 Å². The first-order valence-electron chi connectivity index (χ1n) is 11.8. The molecule has 0 spiro atoms. The third-order valence-electron chi connectivity index (χ3n) is 6.30. The molecule has 10 heteroatoms. The number of nitro benzene ring substituents is 1. The number of anilines is 1. The Morgan fingerprint density at radius 3 is 2.51 bits per heavy atom. The molecule has 0 radical (unpaired) electrons. The Balaban J connectivity index is 1.33. The number of Topliss-reactive ketones (excluding diaryl/α,β-unsaturated/α-hetero) is 1. The van der Waals surface area contributed by atoms with E-state index in [-0.39, 0.29) is 24.2 Å². The third-order valence-corrected chi connectivity index (χ3v) is 7.52. The van der Waals surface area contributed by atoms with Crippen molar-refractivity contribution >= 4 is 39.7 Å². The molecule has 0 saturated heterocycles. The van der Waals surface area contributed by atoms with E-state index in [0.29, 0.717) is 16.5 Å². The van der Waals surface area contributed by atoms with E-state index in [0.717, 1.165) is 29.7 Å². The van der Waals surface area contributed by atoms with Crippen LogP contribution in [-0.2, 0) is 27.1 Å².